The van der Waals surface area contributed by atoms with Crippen LogP contribution in [0.15, 0.2) is 35.7 Å². The van der Waals surface area contributed by atoms with Crippen molar-refractivity contribution in [1.82, 2.24) is 25.6 Å². The number of hydrogen-bond donors (Lipinski definition) is 1. The highest BCUT2D eigenvalue weighted by molar-refractivity contribution is 5.95. The molecule has 1 aromatic heterocycles. The lowest BCUT2D eigenvalue weighted by Crippen LogP contribution is -2.19. The van der Waals surface area contributed by atoms with E-state index < -0.39 is 0 Å². The lowest BCUT2D eigenvalue weighted by molar-refractivity contribution is 0.0954. The van der Waals surface area contributed by atoms with Gasteiger partial charge in [0.05, 0.1) is 5.69 Å². The van der Waals surface area contributed by atoms with Crippen molar-refractivity contribution in [3.8, 4) is 5.69 Å². The molecular weight excluding hydrogens is 280 g/mol. The van der Waals surface area contributed by atoms with Crippen molar-refractivity contribution in [2.24, 2.45) is 5.10 Å². The summed E-state index contributed by atoms with van der Waals surface area (Å²) in [5.41, 5.74) is 5.11. The lowest BCUT2D eigenvalue weighted by atomic mass is 10.2. The molecular formula is C15H18N6O. The zero-order chi connectivity index (χ0) is 15.2. The Hall–Kier alpha value is -2.57. The van der Waals surface area contributed by atoms with Gasteiger partial charge in [-0.1, -0.05) is 12.8 Å². The fraction of sp³-hybridized carbons (Fsp3) is 0.400. The van der Waals surface area contributed by atoms with Gasteiger partial charge in [-0.3, -0.25) is 4.79 Å². The predicted molar refractivity (Wildman–Crippen MR) is 81.8 cm³/mol. The molecule has 0 bridgehead atoms. The van der Waals surface area contributed by atoms with E-state index in [9.17, 15) is 4.79 Å². The number of carbonyl (C=O) groups excluding carboxylic acids is 1. The smallest absolute Gasteiger partial charge is 0.267 e. The molecule has 1 N–H and O–H groups in total. The number of tetrazole rings is 1. The predicted octanol–water partition coefficient (Wildman–Crippen LogP) is 2.10. The summed E-state index contributed by atoms with van der Waals surface area (Å²) in [6.07, 6.45) is 8.31. The average Bonchev–Trinajstić information content (AvgIpc) is 2.97. The SMILES string of the molecule is O=C(NN=C1CCCCCC1)c1ccc(-n2cnnn2)cc1. The van der Waals surface area contributed by atoms with Crippen molar-refractivity contribution in [3.05, 3.63) is 36.2 Å². The minimum absolute atomic E-state index is 0.194. The standard InChI is InChI=1S/C15H18N6O/c22-15(18-17-13-5-3-1-2-4-6-13)12-7-9-14(10-8-12)21-11-16-19-20-21/h7-11H,1-6H2,(H,18,22). The first-order valence-electron chi connectivity index (χ1n) is 7.52. The Kier molecular flexibility index (Phi) is 4.53. The minimum Gasteiger partial charge on any atom is -0.267 e. The first-order chi connectivity index (χ1) is 10.8. The molecule has 114 valence electrons. The van der Waals surface area contributed by atoms with E-state index in [0.717, 1.165) is 37.1 Å². The topological polar surface area (TPSA) is 85.1 Å². The molecule has 3 rings (SSSR count). The van der Waals surface area contributed by atoms with E-state index >= 15 is 0 Å². The fourth-order valence-corrected chi connectivity index (χ4v) is 2.49. The fourth-order valence-electron chi connectivity index (χ4n) is 2.49. The zero-order valence-electron chi connectivity index (χ0n) is 12.3. The van der Waals surface area contributed by atoms with Crippen LogP contribution >= 0.6 is 0 Å². The third-order valence-corrected chi connectivity index (χ3v) is 3.74. The van der Waals surface area contributed by atoms with E-state index in [2.05, 4.69) is 26.1 Å². The van der Waals surface area contributed by atoms with Crippen LogP contribution in [0.4, 0.5) is 0 Å². The number of hydrazone groups is 1. The van der Waals surface area contributed by atoms with Gasteiger partial charge in [0.1, 0.15) is 6.33 Å². The second-order valence-electron chi connectivity index (χ2n) is 5.33. The molecule has 1 fully saturated rings. The summed E-state index contributed by atoms with van der Waals surface area (Å²) in [6, 6.07) is 7.06. The first-order valence-corrected chi connectivity index (χ1v) is 7.52. The van der Waals surface area contributed by atoms with Gasteiger partial charge in [-0.2, -0.15) is 5.10 Å². The Labute approximate surface area is 128 Å². The summed E-state index contributed by atoms with van der Waals surface area (Å²) >= 11 is 0. The van der Waals surface area contributed by atoms with Gasteiger partial charge in [0.25, 0.3) is 5.91 Å². The molecule has 0 saturated heterocycles. The number of carbonyl (C=O) groups is 1. The van der Waals surface area contributed by atoms with Crippen molar-refractivity contribution in [1.29, 1.82) is 0 Å². The quantitative estimate of drug-likeness (QED) is 0.694. The van der Waals surface area contributed by atoms with Gasteiger partial charge in [0, 0.05) is 11.3 Å². The Bertz CT molecular complexity index is 637. The molecule has 1 aliphatic rings. The number of hydrogen-bond acceptors (Lipinski definition) is 5. The van der Waals surface area contributed by atoms with Crippen LogP contribution in [0.2, 0.25) is 0 Å². The maximum absolute atomic E-state index is 12.1. The van der Waals surface area contributed by atoms with Gasteiger partial charge in [0.2, 0.25) is 0 Å². The number of nitrogens with one attached hydrogen (secondary N) is 1. The average molecular weight is 298 g/mol. The van der Waals surface area contributed by atoms with Crippen molar-refractivity contribution in [3.63, 3.8) is 0 Å². The van der Waals surface area contributed by atoms with E-state index in [-0.39, 0.29) is 5.91 Å². The number of nitrogens with zero attached hydrogens (tertiary/aromatic N) is 5. The second kappa shape index (κ2) is 6.93. The molecule has 7 nitrogen and oxygen atoms in total. The molecule has 1 amide bonds. The van der Waals surface area contributed by atoms with Crippen LogP contribution in [-0.2, 0) is 0 Å². The largest absolute Gasteiger partial charge is 0.271 e. The molecule has 22 heavy (non-hydrogen) atoms. The van der Waals surface area contributed by atoms with Crippen molar-refractivity contribution in [2.45, 2.75) is 38.5 Å². The highest BCUT2D eigenvalue weighted by Gasteiger charge is 2.08. The van der Waals surface area contributed by atoms with Crippen LogP contribution in [-0.4, -0.2) is 31.8 Å². The molecule has 0 unspecified atom stereocenters. The Morgan fingerprint density at radius 2 is 1.82 bits per heavy atom. The molecule has 0 aliphatic heterocycles. The van der Waals surface area contributed by atoms with Gasteiger partial charge >= 0.3 is 0 Å². The van der Waals surface area contributed by atoms with Gasteiger partial charge in [0.15, 0.2) is 0 Å². The summed E-state index contributed by atoms with van der Waals surface area (Å²) < 4.78 is 1.54. The van der Waals surface area contributed by atoms with E-state index in [1.807, 2.05) is 0 Å². The summed E-state index contributed by atoms with van der Waals surface area (Å²) in [5, 5.41) is 15.2. The van der Waals surface area contributed by atoms with Gasteiger partial charge in [-0.25, -0.2) is 10.1 Å². The van der Waals surface area contributed by atoms with E-state index in [1.54, 1.807) is 24.3 Å². The summed E-state index contributed by atoms with van der Waals surface area (Å²) in [6.45, 7) is 0. The number of aromatic nitrogens is 4. The Morgan fingerprint density at radius 3 is 2.45 bits per heavy atom. The number of rotatable bonds is 3. The molecule has 1 aliphatic carbocycles. The van der Waals surface area contributed by atoms with Crippen LogP contribution in [0, 0.1) is 0 Å². The summed E-state index contributed by atoms with van der Waals surface area (Å²) in [7, 11) is 0. The second-order valence-corrected chi connectivity index (χ2v) is 5.33. The molecule has 1 aromatic carbocycles. The van der Waals surface area contributed by atoms with Crippen LogP contribution in [0.5, 0.6) is 0 Å². The lowest BCUT2D eigenvalue weighted by Gasteiger charge is -2.05. The molecule has 0 spiro atoms. The van der Waals surface area contributed by atoms with Crippen LogP contribution in [0.3, 0.4) is 0 Å². The highest BCUT2D eigenvalue weighted by Crippen LogP contribution is 2.14. The van der Waals surface area contributed by atoms with Gasteiger partial charge < -0.3 is 0 Å². The Morgan fingerprint density at radius 1 is 1.09 bits per heavy atom. The zero-order valence-corrected chi connectivity index (χ0v) is 12.3. The van der Waals surface area contributed by atoms with Crippen molar-refractivity contribution >= 4 is 11.6 Å². The molecule has 2 aromatic rings. The third kappa shape index (κ3) is 3.55. The van der Waals surface area contributed by atoms with Crippen molar-refractivity contribution in [2.75, 3.05) is 0 Å². The Balaban J connectivity index is 1.63. The van der Waals surface area contributed by atoms with Crippen LogP contribution in [0.1, 0.15) is 48.9 Å². The normalized spacial score (nSPS) is 15.2. The highest BCUT2D eigenvalue weighted by atomic mass is 16.2. The third-order valence-electron chi connectivity index (χ3n) is 3.74. The van der Waals surface area contributed by atoms with E-state index in [4.69, 9.17) is 0 Å². The molecule has 7 heteroatoms. The van der Waals surface area contributed by atoms with E-state index in [1.165, 1.54) is 23.9 Å². The number of benzene rings is 1. The van der Waals surface area contributed by atoms with E-state index in [0.29, 0.717) is 5.56 Å². The number of amides is 1. The van der Waals surface area contributed by atoms with Gasteiger partial charge in [-0.15, -0.1) is 5.10 Å². The first kappa shape index (κ1) is 14.4. The maximum atomic E-state index is 12.1. The maximum Gasteiger partial charge on any atom is 0.271 e. The minimum atomic E-state index is -0.194. The molecule has 0 atom stereocenters. The molecule has 1 heterocycles. The van der Waals surface area contributed by atoms with Crippen molar-refractivity contribution < 1.29 is 4.79 Å². The summed E-state index contributed by atoms with van der Waals surface area (Å²) in [4.78, 5) is 12.1. The monoisotopic (exact) mass is 298 g/mol. The van der Waals surface area contributed by atoms with Crippen LogP contribution < -0.4 is 5.43 Å². The summed E-state index contributed by atoms with van der Waals surface area (Å²) in [5.74, 6) is -0.194. The molecule has 1 saturated carbocycles. The molecule has 0 radical (unpaired) electrons. The van der Waals surface area contributed by atoms with Crippen LogP contribution in [0.25, 0.3) is 5.69 Å². The van der Waals surface area contributed by atoms with Gasteiger partial charge in [-0.05, 0) is 60.4 Å².